The first kappa shape index (κ1) is 15.7. The van der Waals surface area contributed by atoms with Crippen molar-refractivity contribution in [1.82, 2.24) is 9.97 Å². The number of ether oxygens (including phenoxy) is 1. The first-order valence-electron chi connectivity index (χ1n) is 6.99. The second-order valence-electron chi connectivity index (χ2n) is 4.52. The lowest BCUT2D eigenvalue weighted by atomic mass is 10.1. The number of allylic oxidation sites excluding steroid dienone is 3. The Morgan fingerprint density at radius 3 is 2.68 bits per heavy atom. The molecule has 0 fully saturated rings. The zero-order valence-corrected chi connectivity index (χ0v) is 12.7. The van der Waals surface area contributed by atoms with E-state index in [2.05, 4.69) is 28.4 Å². The van der Waals surface area contributed by atoms with Crippen molar-refractivity contribution in [2.75, 3.05) is 25.5 Å². The average Bonchev–Trinajstić information content (AvgIpc) is 2.57. The molecule has 0 aliphatic heterocycles. The molecule has 1 aromatic carbocycles. The van der Waals surface area contributed by atoms with E-state index >= 15 is 0 Å². The number of nitrogens with zero attached hydrogens (tertiary/aromatic N) is 2. The predicted octanol–water partition coefficient (Wildman–Crippen LogP) is 2.73. The predicted molar refractivity (Wildman–Crippen MR) is 91.4 cm³/mol. The molecule has 3 N–H and O–H groups in total. The molecule has 1 aromatic heterocycles. The molecule has 2 aromatic rings. The smallest absolute Gasteiger partial charge is 0.165 e. The van der Waals surface area contributed by atoms with Crippen LogP contribution >= 0.6 is 0 Å². The Labute approximate surface area is 130 Å². The van der Waals surface area contributed by atoms with Crippen LogP contribution in [-0.4, -0.2) is 30.2 Å². The van der Waals surface area contributed by atoms with Crippen molar-refractivity contribution in [2.24, 2.45) is 5.73 Å². The summed E-state index contributed by atoms with van der Waals surface area (Å²) in [5, 5.41) is 4.18. The molecular weight excluding hydrogens is 276 g/mol. The number of hydrogen-bond acceptors (Lipinski definition) is 5. The van der Waals surface area contributed by atoms with Gasteiger partial charge in [0.25, 0.3) is 0 Å². The van der Waals surface area contributed by atoms with Gasteiger partial charge in [0.15, 0.2) is 5.82 Å². The van der Waals surface area contributed by atoms with E-state index in [0.29, 0.717) is 30.2 Å². The lowest BCUT2D eigenvalue weighted by molar-refractivity contribution is 0.309. The van der Waals surface area contributed by atoms with Crippen molar-refractivity contribution in [3.8, 4) is 0 Å². The van der Waals surface area contributed by atoms with E-state index in [1.807, 2.05) is 24.3 Å². The highest BCUT2D eigenvalue weighted by atomic mass is 16.5. The topological polar surface area (TPSA) is 73.1 Å². The monoisotopic (exact) mass is 296 g/mol. The molecule has 0 unspecified atom stereocenters. The summed E-state index contributed by atoms with van der Waals surface area (Å²) in [5.74, 6) is 1.85. The minimum absolute atomic E-state index is 0.522. The summed E-state index contributed by atoms with van der Waals surface area (Å²) in [5.41, 5.74) is 7.10. The lowest BCUT2D eigenvalue weighted by Gasteiger charge is -2.12. The van der Waals surface area contributed by atoms with E-state index in [0.717, 1.165) is 16.7 Å². The third kappa shape index (κ3) is 3.15. The number of benzene rings is 1. The number of para-hydroxylation sites is 1. The van der Waals surface area contributed by atoms with Crippen LogP contribution in [0.25, 0.3) is 16.5 Å². The maximum atomic E-state index is 5.57. The van der Waals surface area contributed by atoms with Gasteiger partial charge in [0.2, 0.25) is 0 Å². The fourth-order valence-corrected chi connectivity index (χ4v) is 2.13. The summed E-state index contributed by atoms with van der Waals surface area (Å²) >= 11 is 0. The van der Waals surface area contributed by atoms with Crippen molar-refractivity contribution in [3.63, 3.8) is 0 Å². The molecule has 1 heterocycles. The van der Waals surface area contributed by atoms with Crippen LogP contribution in [0.2, 0.25) is 0 Å². The molecule has 0 saturated heterocycles. The third-order valence-electron chi connectivity index (χ3n) is 3.16. The Hall–Kier alpha value is -2.66. The number of anilines is 1. The zero-order valence-electron chi connectivity index (χ0n) is 12.7. The summed E-state index contributed by atoms with van der Waals surface area (Å²) in [6.07, 6.45) is 3.28. The van der Waals surface area contributed by atoms with Gasteiger partial charge >= 0.3 is 0 Å². The molecule has 0 saturated carbocycles. The second-order valence-corrected chi connectivity index (χ2v) is 4.52. The molecule has 0 aliphatic carbocycles. The van der Waals surface area contributed by atoms with Gasteiger partial charge in [0.05, 0.1) is 18.2 Å². The number of fused-ring (bicyclic) bond motifs is 1. The SMILES string of the molecule is C=C/C(OC)=C(\C=C)c1nc(NCCN)c2ccccc2n1. The highest BCUT2D eigenvalue weighted by Gasteiger charge is 2.12. The van der Waals surface area contributed by atoms with E-state index in [1.54, 1.807) is 19.3 Å². The minimum Gasteiger partial charge on any atom is -0.496 e. The van der Waals surface area contributed by atoms with E-state index in [4.69, 9.17) is 10.5 Å². The molecule has 0 radical (unpaired) electrons. The molecule has 0 atom stereocenters. The molecule has 0 amide bonds. The highest BCUT2D eigenvalue weighted by molar-refractivity contribution is 5.90. The molecular formula is C17H20N4O. The van der Waals surface area contributed by atoms with Crippen molar-refractivity contribution >= 4 is 22.3 Å². The Bertz CT molecular complexity index is 722. The van der Waals surface area contributed by atoms with Crippen LogP contribution in [-0.2, 0) is 4.74 Å². The van der Waals surface area contributed by atoms with Gasteiger partial charge in [-0.1, -0.05) is 31.4 Å². The second kappa shape index (κ2) is 7.38. The fraction of sp³-hybridized carbons (Fsp3) is 0.176. The van der Waals surface area contributed by atoms with Crippen LogP contribution in [0.15, 0.2) is 55.3 Å². The van der Waals surface area contributed by atoms with E-state index < -0.39 is 0 Å². The summed E-state index contributed by atoms with van der Waals surface area (Å²) in [6, 6.07) is 7.80. The van der Waals surface area contributed by atoms with Gasteiger partial charge in [-0.25, -0.2) is 9.97 Å². The van der Waals surface area contributed by atoms with Gasteiger partial charge in [-0.05, 0) is 18.2 Å². The van der Waals surface area contributed by atoms with Gasteiger partial charge in [-0.3, -0.25) is 0 Å². The Morgan fingerprint density at radius 2 is 2.05 bits per heavy atom. The maximum Gasteiger partial charge on any atom is 0.165 e. The van der Waals surface area contributed by atoms with Gasteiger partial charge in [0.1, 0.15) is 11.6 Å². The Morgan fingerprint density at radius 1 is 1.27 bits per heavy atom. The van der Waals surface area contributed by atoms with Gasteiger partial charge < -0.3 is 15.8 Å². The molecule has 22 heavy (non-hydrogen) atoms. The van der Waals surface area contributed by atoms with Crippen LogP contribution in [0, 0.1) is 0 Å². The number of hydrogen-bond donors (Lipinski definition) is 2. The third-order valence-corrected chi connectivity index (χ3v) is 3.16. The van der Waals surface area contributed by atoms with Crippen LogP contribution < -0.4 is 11.1 Å². The summed E-state index contributed by atoms with van der Waals surface area (Å²) in [4.78, 5) is 9.18. The van der Waals surface area contributed by atoms with Crippen molar-refractivity contribution in [1.29, 1.82) is 0 Å². The molecule has 0 bridgehead atoms. The quantitative estimate of drug-likeness (QED) is 0.607. The molecule has 114 valence electrons. The van der Waals surface area contributed by atoms with E-state index in [9.17, 15) is 0 Å². The first-order chi connectivity index (χ1) is 10.7. The molecule has 2 rings (SSSR count). The lowest BCUT2D eigenvalue weighted by Crippen LogP contribution is -2.15. The van der Waals surface area contributed by atoms with Crippen LogP contribution in [0.4, 0.5) is 5.82 Å². The zero-order chi connectivity index (χ0) is 15.9. The summed E-state index contributed by atoms with van der Waals surface area (Å²) < 4.78 is 5.31. The van der Waals surface area contributed by atoms with E-state index in [1.165, 1.54) is 0 Å². The van der Waals surface area contributed by atoms with Crippen LogP contribution in [0.5, 0.6) is 0 Å². The number of nitrogens with one attached hydrogen (secondary N) is 1. The first-order valence-corrected chi connectivity index (χ1v) is 6.99. The average molecular weight is 296 g/mol. The highest BCUT2D eigenvalue weighted by Crippen LogP contribution is 2.25. The van der Waals surface area contributed by atoms with Gasteiger partial charge in [0, 0.05) is 18.5 Å². The largest absolute Gasteiger partial charge is 0.496 e. The summed E-state index contributed by atoms with van der Waals surface area (Å²) in [7, 11) is 1.58. The van der Waals surface area contributed by atoms with Gasteiger partial charge in [-0.15, -0.1) is 0 Å². The van der Waals surface area contributed by atoms with Crippen LogP contribution in [0.1, 0.15) is 5.82 Å². The van der Waals surface area contributed by atoms with Crippen molar-refractivity contribution in [3.05, 3.63) is 61.2 Å². The number of aromatic nitrogens is 2. The van der Waals surface area contributed by atoms with Crippen LogP contribution in [0.3, 0.4) is 0 Å². The van der Waals surface area contributed by atoms with Crippen molar-refractivity contribution in [2.45, 2.75) is 0 Å². The van der Waals surface area contributed by atoms with Crippen molar-refractivity contribution < 1.29 is 4.74 Å². The van der Waals surface area contributed by atoms with Gasteiger partial charge in [-0.2, -0.15) is 0 Å². The summed E-state index contributed by atoms with van der Waals surface area (Å²) in [6.45, 7) is 8.71. The number of nitrogens with two attached hydrogens (primary N) is 1. The number of rotatable bonds is 7. The molecule has 0 spiro atoms. The molecule has 0 aliphatic rings. The minimum atomic E-state index is 0.522. The molecule has 5 heteroatoms. The number of methoxy groups -OCH3 is 1. The standard InChI is InChI=1S/C17H20N4O/c1-4-12(15(5-2)22-3)17-20-14-9-7-6-8-13(14)16(21-17)19-11-10-18/h4-9H,1-2,10-11,18H2,3H3,(H,19,20,21)/b15-12-. The fourth-order valence-electron chi connectivity index (χ4n) is 2.13. The maximum absolute atomic E-state index is 5.57. The Balaban J connectivity index is 2.66. The Kier molecular flexibility index (Phi) is 5.27. The van der Waals surface area contributed by atoms with E-state index in [-0.39, 0.29) is 0 Å². The normalized spacial score (nSPS) is 11.7. The molecule has 5 nitrogen and oxygen atoms in total.